The lowest BCUT2D eigenvalue weighted by molar-refractivity contribution is 0.0951. The lowest BCUT2D eigenvalue weighted by Gasteiger charge is -2.07. The lowest BCUT2D eigenvalue weighted by atomic mass is 10.2. The summed E-state index contributed by atoms with van der Waals surface area (Å²) in [4.78, 5) is 13.8. The molecule has 0 spiro atoms. The van der Waals surface area contributed by atoms with Crippen molar-refractivity contribution in [3.8, 4) is 17.1 Å². The largest absolute Gasteiger partial charge is 0.497 e. The molecule has 5 heteroatoms. The van der Waals surface area contributed by atoms with Gasteiger partial charge < -0.3 is 14.5 Å². The van der Waals surface area contributed by atoms with Gasteiger partial charge in [0.15, 0.2) is 5.58 Å². The Balaban J connectivity index is 1.59. The summed E-state index contributed by atoms with van der Waals surface area (Å²) in [5, 5.41) is 2.99. The van der Waals surface area contributed by atoms with Crippen molar-refractivity contribution in [1.29, 1.82) is 0 Å². The van der Waals surface area contributed by atoms with E-state index in [1.54, 1.807) is 18.4 Å². The minimum Gasteiger partial charge on any atom is -0.497 e. The van der Waals surface area contributed by atoms with Crippen molar-refractivity contribution in [1.82, 2.24) is 5.32 Å². The first-order valence-electron chi connectivity index (χ1n) is 8.65. The van der Waals surface area contributed by atoms with E-state index in [0.29, 0.717) is 17.7 Å². The maximum absolute atomic E-state index is 12.8. The summed E-state index contributed by atoms with van der Waals surface area (Å²) in [6.07, 6.45) is 0. The first kappa shape index (κ1) is 17.4. The first-order chi connectivity index (χ1) is 13.2. The van der Waals surface area contributed by atoms with E-state index in [9.17, 15) is 4.79 Å². The molecule has 136 valence electrons. The van der Waals surface area contributed by atoms with Crippen molar-refractivity contribution in [2.24, 2.45) is 0 Å². The standard InChI is InChI=1S/C22H19NO3S/c1-14-20(22(24)23-13-15-7-6-10-17(11-15)25-2)21-19(27-14)12-18(26-21)16-8-4-3-5-9-16/h3-12H,13H2,1-2H3,(H,23,24). The van der Waals surface area contributed by atoms with E-state index in [1.165, 1.54) is 0 Å². The molecule has 1 N–H and O–H groups in total. The molecule has 0 saturated carbocycles. The zero-order valence-electron chi connectivity index (χ0n) is 15.1. The van der Waals surface area contributed by atoms with Crippen LogP contribution >= 0.6 is 11.3 Å². The van der Waals surface area contributed by atoms with E-state index < -0.39 is 0 Å². The highest BCUT2D eigenvalue weighted by molar-refractivity contribution is 7.19. The minimum atomic E-state index is -0.129. The number of benzene rings is 2. The molecule has 0 aliphatic rings. The van der Waals surface area contributed by atoms with Gasteiger partial charge in [0.2, 0.25) is 0 Å². The third kappa shape index (κ3) is 3.46. The van der Waals surface area contributed by atoms with Crippen molar-refractivity contribution in [3.05, 3.63) is 76.7 Å². The van der Waals surface area contributed by atoms with Gasteiger partial charge in [0.05, 0.1) is 17.4 Å². The predicted octanol–water partition coefficient (Wildman–Crippen LogP) is 5.41. The van der Waals surface area contributed by atoms with Crippen LogP contribution in [0.3, 0.4) is 0 Å². The Bertz CT molecular complexity index is 1100. The quantitative estimate of drug-likeness (QED) is 0.506. The number of amides is 1. The summed E-state index contributed by atoms with van der Waals surface area (Å²) >= 11 is 1.58. The number of fused-ring (bicyclic) bond motifs is 1. The number of hydrogen-bond donors (Lipinski definition) is 1. The van der Waals surface area contributed by atoms with Crippen LogP contribution in [0.4, 0.5) is 0 Å². The molecule has 4 nitrogen and oxygen atoms in total. The molecule has 0 radical (unpaired) electrons. The summed E-state index contributed by atoms with van der Waals surface area (Å²) < 4.78 is 12.3. The molecule has 1 amide bonds. The molecular formula is C22H19NO3S. The smallest absolute Gasteiger partial charge is 0.256 e. The molecule has 4 aromatic rings. The van der Waals surface area contributed by atoms with Crippen LogP contribution in [0.5, 0.6) is 5.75 Å². The number of methoxy groups -OCH3 is 1. The van der Waals surface area contributed by atoms with Crippen LogP contribution in [0, 0.1) is 6.92 Å². The Morgan fingerprint density at radius 3 is 2.70 bits per heavy atom. The predicted molar refractivity (Wildman–Crippen MR) is 108 cm³/mol. The van der Waals surface area contributed by atoms with Crippen molar-refractivity contribution in [2.45, 2.75) is 13.5 Å². The fourth-order valence-corrected chi connectivity index (χ4v) is 4.08. The Kier molecular flexibility index (Phi) is 4.69. The molecule has 0 aliphatic carbocycles. The van der Waals surface area contributed by atoms with Crippen molar-refractivity contribution >= 4 is 27.5 Å². The highest BCUT2D eigenvalue weighted by Crippen LogP contribution is 2.37. The summed E-state index contributed by atoms with van der Waals surface area (Å²) in [5.74, 6) is 1.42. The summed E-state index contributed by atoms with van der Waals surface area (Å²) in [5.41, 5.74) is 3.25. The monoisotopic (exact) mass is 377 g/mol. The van der Waals surface area contributed by atoms with Crippen LogP contribution in [0.25, 0.3) is 21.6 Å². The number of thiophene rings is 1. The van der Waals surface area contributed by atoms with Gasteiger partial charge in [-0.05, 0) is 24.6 Å². The fraction of sp³-hybridized carbons (Fsp3) is 0.136. The third-order valence-corrected chi connectivity index (χ3v) is 5.45. The molecule has 0 aliphatic heterocycles. The SMILES string of the molecule is COc1cccc(CNC(=O)c2c(C)sc3cc(-c4ccccc4)oc23)c1. The van der Waals surface area contributed by atoms with Crippen LogP contribution in [-0.4, -0.2) is 13.0 Å². The van der Waals surface area contributed by atoms with Gasteiger partial charge in [0, 0.05) is 23.1 Å². The molecular weight excluding hydrogens is 358 g/mol. The third-order valence-electron chi connectivity index (χ3n) is 4.41. The first-order valence-corrected chi connectivity index (χ1v) is 9.47. The molecule has 0 saturated heterocycles. The topological polar surface area (TPSA) is 51.5 Å². The van der Waals surface area contributed by atoms with E-state index in [2.05, 4.69) is 5.32 Å². The van der Waals surface area contributed by atoms with Crippen LogP contribution in [-0.2, 0) is 6.54 Å². The van der Waals surface area contributed by atoms with Crippen molar-refractivity contribution in [2.75, 3.05) is 7.11 Å². The van der Waals surface area contributed by atoms with E-state index >= 15 is 0 Å². The van der Waals surface area contributed by atoms with Gasteiger partial charge in [-0.25, -0.2) is 0 Å². The van der Waals surface area contributed by atoms with Gasteiger partial charge in [-0.1, -0.05) is 42.5 Å². The molecule has 4 rings (SSSR count). The fourth-order valence-electron chi connectivity index (χ4n) is 3.06. The minimum absolute atomic E-state index is 0.129. The molecule has 2 heterocycles. The van der Waals surface area contributed by atoms with E-state index in [0.717, 1.165) is 32.2 Å². The second-order valence-corrected chi connectivity index (χ2v) is 7.49. The molecule has 0 fully saturated rings. The molecule has 0 atom stereocenters. The Morgan fingerprint density at radius 2 is 1.93 bits per heavy atom. The van der Waals surface area contributed by atoms with Gasteiger partial charge in [0.25, 0.3) is 5.91 Å². The molecule has 27 heavy (non-hydrogen) atoms. The Labute approximate surface area is 161 Å². The number of carbonyl (C=O) groups is 1. The number of ether oxygens (including phenoxy) is 1. The number of hydrogen-bond acceptors (Lipinski definition) is 4. The van der Waals surface area contributed by atoms with Crippen molar-refractivity contribution < 1.29 is 13.9 Å². The highest BCUT2D eigenvalue weighted by Gasteiger charge is 2.21. The van der Waals surface area contributed by atoms with Crippen LogP contribution in [0.2, 0.25) is 0 Å². The molecule has 2 aromatic heterocycles. The number of aryl methyl sites for hydroxylation is 1. The second kappa shape index (κ2) is 7.29. The normalized spacial score (nSPS) is 10.9. The highest BCUT2D eigenvalue weighted by atomic mass is 32.1. The van der Waals surface area contributed by atoms with Crippen LogP contribution in [0.15, 0.2) is 65.1 Å². The molecule has 0 bridgehead atoms. The maximum atomic E-state index is 12.8. The Hall–Kier alpha value is -3.05. The maximum Gasteiger partial charge on any atom is 0.256 e. The van der Waals surface area contributed by atoms with Crippen molar-refractivity contribution in [3.63, 3.8) is 0 Å². The van der Waals surface area contributed by atoms with E-state index in [-0.39, 0.29) is 5.91 Å². The number of rotatable bonds is 5. The van der Waals surface area contributed by atoms with Crippen LogP contribution < -0.4 is 10.1 Å². The zero-order chi connectivity index (χ0) is 18.8. The number of carbonyl (C=O) groups excluding carboxylic acids is 1. The molecule has 0 unspecified atom stereocenters. The van der Waals surface area contributed by atoms with E-state index in [1.807, 2.05) is 67.6 Å². The van der Waals surface area contributed by atoms with Gasteiger partial charge in [-0.15, -0.1) is 11.3 Å². The zero-order valence-corrected chi connectivity index (χ0v) is 15.9. The summed E-state index contributed by atoms with van der Waals surface area (Å²) in [6.45, 7) is 2.38. The average Bonchev–Trinajstić information content (AvgIpc) is 3.23. The second-order valence-electron chi connectivity index (χ2n) is 6.24. The number of furan rings is 1. The summed E-state index contributed by atoms with van der Waals surface area (Å²) in [6, 6.07) is 19.6. The van der Waals surface area contributed by atoms with Gasteiger partial charge >= 0.3 is 0 Å². The average molecular weight is 377 g/mol. The van der Waals surface area contributed by atoms with Crippen LogP contribution in [0.1, 0.15) is 20.8 Å². The summed E-state index contributed by atoms with van der Waals surface area (Å²) in [7, 11) is 1.63. The Morgan fingerprint density at radius 1 is 1.11 bits per heavy atom. The number of nitrogens with one attached hydrogen (secondary N) is 1. The van der Waals surface area contributed by atoms with Gasteiger partial charge in [-0.2, -0.15) is 0 Å². The van der Waals surface area contributed by atoms with Gasteiger partial charge in [-0.3, -0.25) is 4.79 Å². The lowest BCUT2D eigenvalue weighted by Crippen LogP contribution is -2.23. The van der Waals surface area contributed by atoms with Gasteiger partial charge in [0.1, 0.15) is 11.5 Å². The molecule has 2 aromatic carbocycles. The van der Waals surface area contributed by atoms with E-state index in [4.69, 9.17) is 9.15 Å².